The summed E-state index contributed by atoms with van der Waals surface area (Å²) in [6, 6.07) is 0. The van der Waals surface area contributed by atoms with Crippen LogP contribution in [-0.4, -0.2) is 17.7 Å². The first-order chi connectivity index (χ1) is 5.59. The van der Waals surface area contributed by atoms with Gasteiger partial charge in [-0.3, -0.25) is 0 Å². The fourth-order valence-electron chi connectivity index (χ4n) is 0.628. The molecule has 0 fully saturated rings. The Morgan fingerprint density at radius 2 is 2.00 bits per heavy atom. The molecule has 0 spiro atoms. The Bertz CT molecular complexity index is 182. The lowest BCUT2D eigenvalue weighted by molar-refractivity contribution is -0.132. The van der Waals surface area contributed by atoms with E-state index in [-0.39, 0.29) is 5.57 Å². The van der Waals surface area contributed by atoms with Crippen molar-refractivity contribution in [2.24, 2.45) is 0 Å². The van der Waals surface area contributed by atoms with E-state index in [1.54, 1.807) is 13.8 Å². The van der Waals surface area contributed by atoms with Crippen LogP contribution in [0, 0.1) is 0 Å². The largest absolute Gasteiger partial charge is 0.498 e. The molecule has 0 aromatic heterocycles. The molecule has 0 saturated heterocycles. The van der Waals surface area contributed by atoms with E-state index < -0.39 is 5.97 Å². The van der Waals surface area contributed by atoms with Gasteiger partial charge in [0.1, 0.15) is 5.76 Å². The standard InChI is InChI=1S/C9H16O3/c1-4-5-6-12-8(3)7(2)9(10)11/h4-6H2,1-3H3,(H,10,11)/b8-7+. The van der Waals surface area contributed by atoms with E-state index in [2.05, 4.69) is 6.92 Å². The Labute approximate surface area is 73.0 Å². The number of aliphatic carboxylic acids is 1. The quantitative estimate of drug-likeness (QED) is 0.393. The summed E-state index contributed by atoms with van der Waals surface area (Å²) >= 11 is 0. The van der Waals surface area contributed by atoms with Crippen LogP contribution in [0.4, 0.5) is 0 Å². The van der Waals surface area contributed by atoms with Crippen LogP contribution in [0.3, 0.4) is 0 Å². The second-order valence-corrected chi connectivity index (χ2v) is 2.69. The number of hydrogen-bond acceptors (Lipinski definition) is 2. The number of unbranched alkanes of at least 4 members (excludes halogenated alkanes) is 1. The lowest BCUT2D eigenvalue weighted by Gasteiger charge is -2.06. The third-order valence-electron chi connectivity index (χ3n) is 1.67. The monoisotopic (exact) mass is 172 g/mol. The molecule has 0 aliphatic heterocycles. The zero-order valence-corrected chi connectivity index (χ0v) is 7.89. The molecule has 0 unspecified atom stereocenters. The van der Waals surface area contributed by atoms with Crippen molar-refractivity contribution >= 4 is 5.97 Å². The minimum Gasteiger partial charge on any atom is -0.498 e. The normalized spacial score (nSPS) is 12.2. The molecule has 70 valence electrons. The van der Waals surface area contributed by atoms with Crippen LogP contribution in [-0.2, 0) is 9.53 Å². The summed E-state index contributed by atoms with van der Waals surface area (Å²) in [5, 5.41) is 8.57. The van der Waals surface area contributed by atoms with Crippen molar-refractivity contribution in [2.45, 2.75) is 33.6 Å². The zero-order valence-electron chi connectivity index (χ0n) is 7.89. The first-order valence-electron chi connectivity index (χ1n) is 4.13. The number of hydrogen-bond donors (Lipinski definition) is 1. The fraction of sp³-hybridized carbons (Fsp3) is 0.667. The summed E-state index contributed by atoms with van der Waals surface area (Å²) in [6.45, 7) is 5.89. The molecule has 3 heteroatoms. The average molecular weight is 172 g/mol. The number of carboxylic acids is 1. The molecule has 0 aromatic carbocycles. The molecule has 0 atom stereocenters. The van der Waals surface area contributed by atoms with Crippen LogP contribution in [0.15, 0.2) is 11.3 Å². The van der Waals surface area contributed by atoms with Gasteiger partial charge < -0.3 is 9.84 Å². The second-order valence-electron chi connectivity index (χ2n) is 2.69. The van der Waals surface area contributed by atoms with Crippen molar-refractivity contribution in [3.8, 4) is 0 Å². The number of rotatable bonds is 5. The summed E-state index contributed by atoms with van der Waals surface area (Å²) in [4.78, 5) is 10.4. The van der Waals surface area contributed by atoms with Gasteiger partial charge in [-0.2, -0.15) is 0 Å². The number of allylic oxidation sites excluding steroid dienone is 1. The topological polar surface area (TPSA) is 46.5 Å². The lowest BCUT2D eigenvalue weighted by Crippen LogP contribution is -2.02. The Hall–Kier alpha value is -0.990. The Balaban J connectivity index is 3.91. The molecule has 3 nitrogen and oxygen atoms in total. The van der Waals surface area contributed by atoms with Crippen LogP contribution in [0.1, 0.15) is 33.6 Å². The third kappa shape index (κ3) is 4.01. The maximum atomic E-state index is 10.4. The Kier molecular flexibility index (Phi) is 5.17. The van der Waals surface area contributed by atoms with Crippen molar-refractivity contribution < 1.29 is 14.6 Å². The van der Waals surface area contributed by atoms with Crippen molar-refractivity contribution in [3.63, 3.8) is 0 Å². The van der Waals surface area contributed by atoms with E-state index in [9.17, 15) is 4.79 Å². The molecule has 0 heterocycles. The number of carboxylic acid groups (broad SMARTS) is 1. The molecule has 0 aliphatic carbocycles. The number of ether oxygens (including phenoxy) is 1. The van der Waals surface area contributed by atoms with Gasteiger partial charge >= 0.3 is 5.97 Å². The summed E-state index contributed by atoms with van der Waals surface area (Å²) in [6.07, 6.45) is 2.02. The predicted molar refractivity (Wildman–Crippen MR) is 46.9 cm³/mol. The highest BCUT2D eigenvalue weighted by atomic mass is 16.5. The van der Waals surface area contributed by atoms with E-state index in [0.29, 0.717) is 12.4 Å². The third-order valence-corrected chi connectivity index (χ3v) is 1.67. The van der Waals surface area contributed by atoms with Crippen LogP contribution in [0.25, 0.3) is 0 Å². The maximum absolute atomic E-state index is 10.4. The van der Waals surface area contributed by atoms with Crippen molar-refractivity contribution in [1.82, 2.24) is 0 Å². The van der Waals surface area contributed by atoms with E-state index in [0.717, 1.165) is 12.8 Å². The van der Waals surface area contributed by atoms with Crippen molar-refractivity contribution in [3.05, 3.63) is 11.3 Å². The highest BCUT2D eigenvalue weighted by molar-refractivity contribution is 5.86. The molecule has 0 amide bonds. The summed E-state index contributed by atoms with van der Waals surface area (Å²) < 4.78 is 5.20. The lowest BCUT2D eigenvalue weighted by atomic mass is 10.3. The van der Waals surface area contributed by atoms with Crippen LogP contribution in [0.2, 0.25) is 0 Å². The van der Waals surface area contributed by atoms with Crippen LogP contribution < -0.4 is 0 Å². The first kappa shape index (κ1) is 11.0. The zero-order chi connectivity index (χ0) is 9.56. The minimum absolute atomic E-state index is 0.283. The molecule has 0 aromatic rings. The van der Waals surface area contributed by atoms with E-state index >= 15 is 0 Å². The van der Waals surface area contributed by atoms with Gasteiger partial charge in [0.2, 0.25) is 0 Å². The minimum atomic E-state index is -0.913. The van der Waals surface area contributed by atoms with Gasteiger partial charge in [-0.05, 0) is 20.3 Å². The van der Waals surface area contributed by atoms with Gasteiger partial charge in [-0.25, -0.2) is 4.79 Å². The Morgan fingerprint density at radius 1 is 1.42 bits per heavy atom. The Morgan fingerprint density at radius 3 is 2.42 bits per heavy atom. The van der Waals surface area contributed by atoms with Crippen LogP contribution in [0.5, 0.6) is 0 Å². The first-order valence-corrected chi connectivity index (χ1v) is 4.13. The molecule has 12 heavy (non-hydrogen) atoms. The second kappa shape index (κ2) is 5.63. The van der Waals surface area contributed by atoms with Gasteiger partial charge in [0.25, 0.3) is 0 Å². The van der Waals surface area contributed by atoms with Gasteiger partial charge in [0.05, 0.1) is 12.2 Å². The van der Waals surface area contributed by atoms with Gasteiger partial charge in [-0.1, -0.05) is 13.3 Å². The van der Waals surface area contributed by atoms with Gasteiger partial charge in [-0.15, -0.1) is 0 Å². The molecule has 0 aliphatic rings. The van der Waals surface area contributed by atoms with Crippen molar-refractivity contribution in [2.75, 3.05) is 6.61 Å². The van der Waals surface area contributed by atoms with Crippen molar-refractivity contribution in [1.29, 1.82) is 0 Å². The molecule has 0 radical (unpaired) electrons. The predicted octanol–water partition coefficient (Wildman–Crippen LogP) is 2.18. The van der Waals surface area contributed by atoms with E-state index in [1.807, 2.05) is 0 Å². The molecule has 0 bridgehead atoms. The molecule has 1 N–H and O–H groups in total. The van der Waals surface area contributed by atoms with Gasteiger partial charge in [0, 0.05) is 0 Å². The fourth-order valence-corrected chi connectivity index (χ4v) is 0.628. The SMILES string of the molecule is CCCCO/C(C)=C(\C)C(=O)O. The highest BCUT2D eigenvalue weighted by Crippen LogP contribution is 2.05. The van der Waals surface area contributed by atoms with Crippen LogP contribution >= 0.6 is 0 Å². The molecule has 0 rings (SSSR count). The van der Waals surface area contributed by atoms with E-state index in [4.69, 9.17) is 9.84 Å². The highest BCUT2D eigenvalue weighted by Gasteiger charge is 2.05. The summed E-state index contributed by atoms with van der Waals surface area (Å²) in [5.41, 5.74) is 0.283. The molecular formula is C9H16O3. The molecule has 0 saturated carbocycles. The summed E-state index contributed by atoms with van der Waals surface area (Å²) in [7, 11) is 0. The summed E-state index contributed by atoms with van der Waals surface area (Å²) in [5.74, 6) is -0.403. The van der Waals surface area contributed by atoms with Gasteiger partial charge in [0.15, 0.2) is 0 Å². The smallest absolute Gasteiger partial charge is 0.334 e. The number of carbonyl (C=O) groups is 1. The maximum Gasteiger partial charge on any atom is 0.334 e. The van der Waals surface area contributed by atoms with E-state index in [1.165, 1.54) is 0 Å². The average Bonchev–Trinajstić information content (AvgIpc) is 2.03. The molecular weight excluding hydrogens is 156 g/mol.